The number of nitrogens with one attached hydrogen (secondary N) is 1. The van der Waals surface area contributed by atoms with Crippen LogP contribution in [0, 0.1) is 5.92 Å². The van der Waals surface area contributed by atoms with Crippen molar-refractivity contribution in [3.8, 4) is 16.9 Å². The molecule has 30 heavy (non-hydrogen) atoms. The van der Waals surface area contributed by atoms with Gasteiger partial charge >= 0.3 is 29.6 Å². The summed E-state index contributed by atoms with van der Waals surface area (Å²) in [5, 5.41) is 14.6. The number of carboxylic acids is 1. The minimum absolute atomic E-state index is 0. The largest absolute Gasteiger partial charge is 1.00 e. The Morgan fingerprint density at radius 2 is 1.90 bits per heavy atom. The van der Waals surface area contributed by atoms with Gasteiger partial charge in [-0.25, -0.2) is 0 Å². The number of fused-ring (bicyclic) bond motifs is 1. The van der Waals surface area contributed by atoms with Crippen molar-refractivity contribution in [2.75, 3.05) is 29.9 Å². The first-order valence-electron chi connectivity index (χ1n) is 10.2. The number of nitrogens with zero attached hydrogens (tertiary/aromatic N) is 1. The van der Waals surface area contributed by atoms with E-state index < -0.39 is 5.97 Å². The van der Waals surface area contributed by atoms with E-state index in [1.54, 1.807) is 0 Å². The Hall–Kier alpha value is -1.69. The van der Waals surface area contributed by atoms with Crippen molar-refractivity contribution in [2.45, 2.75) is 45.6 Å². The van der Waals surface area contributed by atoms with E-state index >= 15 is 0 Å². The van der Waals surface area contributed by atoms with Crippen molar-refractivity contribution in [1.29, 1.82) is 0 Å². The summed E-state index contributed by atoms with van der Waals surface area (Å²) in [6.07, 6.45) is 0. The first-order chi connectivity index (χ1) is 13.5. The minimum atomic E-state index is -0.965. The Labute approximate surface area is 201 Å². The quantitative estimate of drug-likeness (QED) is 0.735. The average Bonchev–Trinajstić information content (AvgIpc) is 2.57. The molecule has 4 rings (SSSR count). The van der Waals surface area contributed by atoms with Crippen LogP contribution in [0.5, 0.6) is 5.75 Å². The van der Waals surface area contributed by atoms with Crippen molar-refractivity contribution in [1.82, 2.24) is 0 Å². The number of rotatable bonds is 3. The van der Waals surface area contributed by atoms with Crippen LogP contribution in [-0.4, -0.2) is 31.2 Å². The predicted molar refractivity (Wildman–Crippen MR) is 114 cm³/mol. The normalized spacial score (nSPS) is 17.7. The molecule has 0 amide bonds. The zero-order valence-corrected chi connectivity index (χ0v) is 20.8. The van der Waals surface area contributed by atoms with Crippen molar-refractivity contribution in [2.24, 2.45) is 5.92 Å². The van der Waals surface area contributed by atoms with E-state index in [9.17, 15) is 9.90 Å². The van der Waals surface area contributed by atoms with Crippen molar-refractivity contribution >= 4 is 17.3 Å². The van der Waals surface area contributed by atoms with Gasteiger partial charge in [-0.3, -0.25) is 0 Å². The number of benzene rings is 2. The Kier molecular flexibility index (Phi) is 6.21. The maximum atomic E-state index is 11.0. The number of hydrogen-bond acceptors (Lipinski definition) is 5. The molecule has 2 aromatic rings. The number of carboxylic acid groups (broad SMARTS) is 1. The number of ether oxygens (including phenoxy) is 1. The van der Waals surface area contributed by atoms with E-state index in [-0.39, 0.29) is 46.5 Å². The number of aliphatic carboxylic acids is 1. The van der Waals surface area contributed by atoms with E-state index in [1.165, 1.54) is 5.56 Å². The average molecular weight is 416 g/mol. The zero-order valence-electron chi connectivity index (χ0n) is 18.8. The van der Waals surface area contributed by atoms with Gasteiger partial charge in [0.15, 0.2) is 0 Å². The fourth-order valence-corrected chi connectivity index (χ4v) is 3.88. The molecule has 0 spiro atoms. The Balaban J connectivity index is 0.00000256. The third-order valence-electron chi connectivity index (χ3n) is 5.78. The van der Waals surface area contributed by atoms with Gasteiger partial charge in [0.05, 0.1) is 12.2 Å². The van der Waals surface area contributed by atoms with Gasteiger partial charge in [0.25, 0.3) is 0 Å². The summed E-state index contributed by atoms with van der Waals surface area (Å²) in [6, 6.07) is 12.7. The molecule has 0 aromatic heterocycles. The Morgan fingerprint density at radius 1 is 1.20 bits per heavy atom. The number of anilines is 2. The minimum Gasteiger partial charge on any atom is -0.550 e. The standard InChI is InChI=1S/C24H30N2O3.Na/c1-23(2,3)17-10-19(21-20(11-17)29-24(4,5)14-25-21)15-7-6-8-18(9-15)26-12-16(13-26)22(27)28;/h6-11,16,25H,12-14H2,1-5H3,(H,27,28);/q;+1/p-1. The number of carbonyl (C=O) groups is 1. The summed E-state index contributed by atoms with van der Waals surface area (Å²) in [5.74, 6) is -0.462. The smallest absolute Gasteiger partial charge is 0.550 e. The number of hydrogen-bond donors (Lipinski definition) is 1. The van der Waals surface area contributed by atoms with Crippen molar-refractivity contribution in [3.63, 3.8) is 0 Å². The fourth-order valence-electron chi connectivity index (χ4n) is 3.88. The van der Waals surface area contributed by atoms with E-state index in [4.69, 9.17) is 4.74 Å². The van der Waals surface area contributed by atoms with E-state index in [0.29, 0.717) is 13.1 Å². The van der Waals surface area contributed by atoms with Crippen LogP contribution >= 0.6 is 0 Å². The molecule has 2 aromatic carbocycles. The summed E-state index contributed by atoms with van der Waals surface area (Å²) in [6.45, 7) is 12.5. The molecule has 1 saturated heterocycles. The third kappa shape index (κ3) is 4.48. The van der Waals surface area contributed by atoms with Crippen LogP contribution in [0.25, 0.3) is 11.1 Å². The number of carbonyl (C=O) groups excluding carboxylic acids is 1. The second-order valence-corrected chi connectivity index (χ2v) is 9.83. The van der Waals surface area contributed by atoms with Crippen molar-refractivity contribution in [3.05, 3.63) is 42.0 Å². The molecule has 1 fully saturated rings. The second kappa shape index (κ2) is 8.10. The molecule has 0 aliphatic carbocycles. The van der Waals surface area contributed by atoms with Gasteiger partial charge in [0.1, 0.15) is 11.4 Å². The molecular weight excluding hydrogens is 387 g/mol. The van der Waals surface area contributed by atoms with Crippen LogP contribution in [0.2, 0.25) is 0 Å². The van der Waals surface area contributed by atoms with Crippen LogP contribution in [0.1, 0.15) is 40.2 Å². The predicted octanol–water partition coefficient (Wildman–Crippen LogP) is 0.424. The molecule has 2 aliphatic heterocycles. The molecule has 1 N–H and O–H groups in total. The van der Waals surface area contributed by atoms with Crippen LogP contribution in [0.15, 0.2) is 36.4 Å². The third-order valence-corrected chi connectivity index (χ3v) is 5.78. The van der Waals surface area contributed by atoms with E-state index in [1.807, 2.05) is 12.1 Å². The Bertz CT molecular complexity index is 959. The molecule has 0 saturated carbocycles. The molecule has 5 nitrogen and oxygen atoms in total. The van der Waals surface area contributed by atoms with Gasteiger partial charge in [-0.05, 0) is 54.7 Å². The van der Waals surface area contributed by atoms with Crippen LogP contribution in [-0.2, 0) is 10.2 Å². The van der Waals surface area contributed by atoms with Gasteiger partial charge in [-0.2, -0.15) is 0 Å². The molecule has 0 unspecified atom stereocenters. The van der Waals surface area contributed by atoms with Crippen molar-refractivity contribution < 1.29 is 44.2 Å². The SMILES string of the molecule is CC1(C)CNc2c(cc(C(C)(C)C)cc2-c2cccc(N3CC(C(=O)[O-])C3)c2)O1.[Na+]. The van der Waals surface area contributed by atoms with Gasteiger partial charge < -0.3 is 24.9 Å². The summed E-state index contributed by atoms with van der Waals surface area (Å²) >= 11 is 0. The Morgan fingerprint density at radius 3 is 2.53 bits per heavy atom. The first kappa shape index (κ1) is 23.0. The molecule has 2 aliphatic rings. The van der Waals surface area contributed by atoms with E-state index in [2.05, 4.69) is 69.1 Å². The molecular formula is C24H29N2NaO3. The second-order valence-electron chi connectivity index (χ2n) is 9.83. The van der Waals surface area contributed by atoms with Gasteiger partial charge in [-0.15, -0.1) is 0 Å². The molecule has 0 bridgehead atoms. The molecule has 154 valence electrons. The fraction of sp³-hybridized carbons (Fsp3) is 0.458. The maximum absolute atomic E-state index is 11.0. The summed E-state index contributed by atoms with van der Waals surface area (Å²) in [4.78, 5) is 13.1. The van der Waals surface area contributed by atoms with Crippen LogP contribution in [0.4, 0.5) is 11.4 Å². The van der Waals surface area contributed by atoms with Crippen LogP contribution in [0.3, 0.4) is 0 Å². The topological polar surface area (TPSA) is 64.6 Å². The molecule has 2 heterocycles. The van der Waals surface area contributed by atoms with Crippen LogP contribution < -0.4 is 49.6 Å². The molecule has 0 atom stereocenters. The maximum Gasteiger partial charge on any atom is 1.00 e. The summed E-state index contributed by atoms with van der Waals surface area (Å²) in [5.41, 5.74) is 5.21. The van der Waals surface area contributed by atoms with Gasteiger partial charge in [-0.1, -0.05) is 32.9 Å². The van der Waals surface area contributed by atoms with E-state index in [0.717, 1.165) is 34.8 Å². The summed E-state index contributed by atoms with van der Waals surface area (Å²) < 4.78 is 6.32. The van der Waals surface area contributed by atoms with Gasteiger partial charge in [0.2, 0.25) is 0 Å². The summed E-state index contributed by atoms with van der Waals surface area (Å²) in [7, 11) is 0. The molecule has 6 heteroatoms. The van der Waals surface area contributed by atoms with Gasteiger partial charge in [0, 0.05) is 36.2 Å². The zero-order chi connectivity index (χ0) is 21.0. The first-order valence-corrected chi connectivity index (χ1v) is 10.2. The molecule has 0 radical (unpaired) electrons. The monoisotopic (exact) mass is 416 g/mol.